The summed E-state index contributed by atoms with van der Waals surface area (Å²) in [6.45, 7) is 6.06. The van der Waals surface area contributed by atoms with Gasteiger partial charge in [0.15, 0.2) is 9.84 Å². The van der Waals surface area contributed by atoms with Crippen molar-refractivity contribution < 1.29 is 42.0 Å². The van der Waals surface area contributed by atoms with E-state index in [4.69, 9.17) is 19.0 Å². The summed E-state index contributed by atoms with van der Waals surface area (Å²) in [5.41, 5.74) is -5.19. The average Bonchev–Trinajstić information content (AvgIpc) is 2.76. The number of benzene rings is 1. The van der Waals surface area contributed by atoms with Gasteiger partial charge in [-0.1, -0.05) is 0 Å². The molecule has 1 aromatic rings. The standard InChI is InChI=1S/C21H24N4O10S/c1-7-33-19(27)15-16(25(28)29)17(24(32-5)20(23-15)36(6,30)31)34-14-10-12(11-22)8-9-13(14)18(26)35-21(2,3)4/h8-10,20H,7H2,1-6H3. The largest absolute Gasteiger partial charge is 0.461 e. The van der Waals surface area contributed by atoms with Crippen LogP contribution < -0.4 is 4.74 Å². The van der Waals surface area contributed by atoms with E-state index in [2.05, 4.69) is 4.99 Å². The number of ether oxygens (including phenoxy) is 3. The van der Waals surface area contributed by atoms with E-state index in [1.165, 1.54) is 19.1 Å². The van der Waals surface area contributed by atoms with Gasteiger partial charge in [0.1, 0.15) is 16.9 Å². The Morgan fingerprint density at radius 3 is 2.39 bits per heavy atom. The van der Waals surface area contributed by atoms with Gasteiger partial charge in [-0.3, -0.25) is 15.0 Å². The Balaban J connectivity index is 2.83. The Kier molecular flexibility index (Phi) is 8.39. The SMILES string of the molecule is CCOC(=O)C1=NC(S(C)(=O)=O)N(OC)C(Oc2cc(C#N)ccc2C(=O)OC(C)(C)C)=C1[N+](=O)[O-]. The minimum atomic E-state index is -4.18. The van der Waals surface area contributed by atoms with E-state index in [9.17, 15) is 33.4 Å². The second-order valence-electron chi connectivity index (χ2n) is 8.20. The van der Waals surface area contributed by atoms with Gasteiger partial charge >= 0.3 is 23.5 Å². The van der Waals surface area contributed by atoms with Crippen molar-refractivity contribution in [3.8, 4) is 11.8 Å². The summed E-state index contributed by atoms with van der Waals surface area (Å²) in [7, 11) is -3.19. The number of nitrogens with zero attached hydrogens (tertiary/aromatic N) is 4. The first-order chi connectivity index (χ1) is 16.6. The van der Waals surface area contributed by atoms with Crippen molar-refractivity contribution in [1.82, 2.24) is 5.06 Å². The number of aliphatic imine (C=N–C) groups is 1. The molecule has 0 aliphatic carbocycles. The molecule has 1 aliphatic heterocycles. The summed E-state index contributed by atoms with van der Waals surface area (Å²) in [6, 6.07) is 5.40. The third-order valence-electron chi connectivity index (χ3n) is 4.23. The van der Waals surface area contributed by atoms with Crippen molar-refractivity contribution >= 4 is 27.5 Å². The highest BCUT2D eigenvalue weighted by molar-refractivity contribution is 7.91. The molecule has 0 saturated heterocycles. The van der Waals surface area contributed by atoms with E-state index in [1.54, 1.807) is 20.8 Å². The lowest BCUT2D eigenvalue weighted by Gasteiger charge is -2.31. The van der Waals surface area contributed by atoms with Crippen LogP contribution in [0.4, 0.5) is 0 Å². The number of sulfone groups is 1. The second-order valence-corrected chi connectivity index (χ2v) is 10.3. The van der Waals surface area contributed by atoms with Gasteiger partial charge < -0.3 is 14.2 Å². The van der Waals surface area contributed by atoms with Crippen molar-refractivity contribution in [1.29, 1.82) is 5.26 Å². The third-order valence-corrected chi connectivity index (χ3v) is 5.30. The van der Waals surface area contributed by atoms with Crippen LogP contribution in [0.2, 0.25) is 0 Å². The first-order valence-electron chi connectivity index (χ1n) is 10.3. The molecule has 2 rings (SSSR count). The lowest BCUT2D eigenvalue weighted by Crippen LogP contribution is -2.47. The normalized spacial score (nSPS) is 16.1. The fraction of sp³-hybridized carbons (Fsp3) is 0.429. The molecule has 1 aliphatic rings. The van der Waals surface area contributed by atoms with Gasteiger partial charge in [-0.05, 0) is 45.9 Å². The summed E-state index contributed by atoms with van der Waals surface area (Å²) in [5, 5.41) is 21.8. The van der Waals surface area contributed by atoms with Gasteiger partial charge in [0.05, 0.1) is 30.3 Å². The molecule has 0 fully saturated rings. The third kappa shape index (κ3) is 6.34. The highest BCUT2D eigenvalue weighted by atomic mass is 32.2. The summed E-state index contributed by atoms with van der Waals surface area (Å²) < 4.78 is 40.7. The molecule has 0 radical (unpaired) electrons. The van der Waals surface area contributed by atoms with Crippen molar-refractivity contribution in [3.63, 3.8) is 0 Å². The van der Waals surface area contributed by atoms with E-state index in [-0.39, 0.29) is 17.7 Å². The Labute approximate surface area is 206 Å². The maximum Gasteiger partial charge on any atom is 0.364 e. The van der Waals surface area contributed by atoms with Gasteiger partial charge in [0.25, 0.3) is 5.50 Å². The van der Waals surface area contributed by atoms with E-state index in [0.29, 0.717) is 5.06 Å². The van der Waals surface area contributed by atoms with Crippen LogP contribution in [0.3, 0.4) is 0 Å². The van der Waals surface area contributed by atoms with Gasteiger partial charge in [0, 0.05) is 6.26 Å². The molecule has 1 atom stereocenters. The van der Waals surface area contributed by atoms with E-state index >= 15 is 0 Å². The molecule has 0 bridgehead atoms. The predicted molar refractivity (Wildman–Crippen MR) is 123 cm³/mol. The van der Waals surface area contributed by atoms with Gasteiger partial charge in [-0.15, -0.1) is 0 Å². The Morgan fingerprint density at radius 2 is 1.92 bits per heavy atom. The lowest BCUT2D eigenvalue weighted by molar-refractivity contribution is -0.421. The fourth-order valence-electron chi connectivity index (χ4n) is 2.86. The molecule has 194 valence electrons. The number of hydroxylamine groups is 2. The van der Waals surface area contributed by atoms with Crippen LogP contribution in [-0.4, -0.2) is 67.1 Å². The second kappa shape index (κ2) is 10.7. The minimum absolute atomic E-state index is 0.000663. The van der Waals surface area contributed by atoms with Crippen molar-refractivity contribution in [3.05, 3.63) is 51.0 Å². The van der Waals surface area contributed by atoms with Crippen LogP contribution in [0.1, 0.15) is 43.6 Å². The maximum atomic E-state index is 12.8. The number of nitriles is 1. The number of esters is 2. The quantitative estimate of drug-likeness (QED) is 0.271. The molecule has 1 heterocycles. The molecular formula is C21H24N4O10S. The van der Waals surface area contributed by atoms with Crippen LogP contribution in [0.25, 0.3) is 0 Å². The summed E-state index contributed by atoms with van der Waals surface area (Å²) in [6.07, 6.45) is 0.757. The Hall–Kier alpha value is -4.03. The molecule has 0 N–H and O–H groups in total. The molecule has 36 heavy (non-hydrogen) atoms. The molecule has 14 nitrogen and oxygen atoms in total. The van der Waals surface area contributed by atoms with Gasteiger partial charge in [0.2, 0.25) is 5.71 Å². The van der Waals surface area contributed by atoms with Crippen LogP contribution in [0.5, 0.6) is 5.75 Å². The van der Waals surface area contributed by atoms with Crippen molar-refractivity contribution in [2.24, 2.45) is 4.99 Å². The fourth-order valence-corrected chi connectivity index (χ4v) is 3.69. The van der Waals surface area contributed by atoms with Crippen LogP contribution >= 0.6 is 0 Å². The highest BCUT2D eigenvalue weighted by Crippen LogP contribution is 2.32. The minimum Gasteiger partial charge on any atom is -0.461 e. The molecule has 15 heteroatoms. The van der Waals surface area contributed by atoms with Gasteiger partial charge in [-0.2, -0.15) is 10.3 Å². The number of nitro groups is 1. The maximum absolute atomic E-state index is 12.8. The topological polar surface area (TPSA) is 188 Å². The molecule has 0 amide bonds. The smallest absolute Gasteiger partial charge is 0.364 e. The Bertz CT molecular complexity index is 1290. The number of hydrogen-bond donors (Lipinski definition) is 0. The summed E-state index contributed by atoms with van der Waals surface area (Å²) in [5.74, 6) is -3.48. The van der Waals surface area contributed by atoms with Crippen molar-refractivity contribution in [2.75, 3.05) is 20.0 Å². The zero-order valence-corrected chi connectivity index (χ0v) is 21.1. The van der Waals surface area contributed by atoms with Gasteiger partial charge in [-0.25, -0.2) is 23.0 Å². The van der Waals surface area contributed by atoms with Crippen LogP contribution in [0.15, 0.2) is 34.8 Å². The lowest BCUT2D eigenvalue weighted by atomic mass is 10.1. The number of rotatable bonds is 8. The van der Waals surface area contributed by atoms with E-state index in [0.717, 1.165) is 19.4 Å². The van der Waals surface area contributed by atoms with Crippen LogP contribution in [0, 0.1) is 21.4 Å². The Morgan fingerprint density at radius 1 is 1.28 bits per heavy atom. The monoisotopic (exact) mass is 524 g/mol. The van der Waals surface area contributed by atoms with Crippen molar-refractivity contribution in [2.45, 2.75) is 38.8 Å². The number of carbonyl (C=O) groups excluding carboxylic acids is 2. The summed E-state index contributed by atoms with van der Waals surface area (Å²) in [4.78, 5) is 45.0. The van der Waals surface area contributed by atoms with E-state index < -0.39 is 60.8 Å². The highest BCUT2D eigenvalue weighted by Gasteiger charge is 2.47. The average molecular weight is 525 g/mol. The molecule has 0 aromatic heterocycles. The zero-order valence-electron chi connectivity index (χ0n) is 20.3. The number of hydrogen-bond acceptors (Lipinski definition) is 13. The molecule has 1 aromatic carbocycles. The zero-order chi connectivity index (χ0) is 27.4. The number of carbonyl (C=O) groups is 2. The molecule has 0 saturated carbocycles. The van der Waals surface area contributed by atoms with Crippen LogP contribution in [-0.2, 0) is 28.9 Å². The first-order valence-corrected chi connectivity index (χ1v) is 12.2. The molecule has 0 spiro atoms. The molecule has 1 unspecified atom stereocenters. The first kappa shape index (κ1) is 28.2. The van der Waals surface area contributed by atoms with E-state index in [1.807, 2.05) is 6.07 Å². The summed E-state index contributed by atoms with van der Waals surface area (Å²) >= 11 is 0. The predicted octanol–water partition coefficient (Wildman–Crippen LogP) is 1.55. The molecular weight excluding hydrogens is 500 g/mol.